The van der Waals surface area contributed by atoms with Gasteiger partial charge in [-0.3, -0.25) is 9.59 Å². The first-order valence-electron chi connectivity index (χ1n) is 8.13. The zero-order chi connectivity index (χ0) is 19.4. The second-order valence-corrected chi connectivity index (χ2v) is 6.95. The van der Waals surface area contributed by atoms with E-state index in [4.69, 9.17) is 16.3 Å². The monoisotopic (exact) mass is 405 g/mol. The van der Waals surface area contributed by atoms with E-state index in [2.05, 4.69) is 20.4 Å². The molecule has 0 aliphatic carbocycles. The molecule has 0 aliphatic heterocycles. The molecule has 0 saturated heterocycles. The molecule has 0 saturated carbocycles. The second-order valence-electron chi connectivity index (χ2n) is 5.63. The highest BCUT2D eigenvalue weighted by Gasteiger charge is 2.33. The summed E-state index contributed by atoms with van der Waals surface area (Å²) in [4.78, 5) is 30.4. The summed E-state index contributed by atoms with van der Waals surface area (Å²) in [6.45, 7) is 3.44. The summed E-state index contributed by atoms with van der Waals surface area (Å²) in [5, 5.41) is 14.8. The Morgan fingerprint density at radius 3 is 2.67 bits per heavy atom. The van der Waals surface area contributed by atoms with Crippen LogP contribution in [0.3, 0.4) is 0 Å². The van der Waals surface area contributed by atoms with Crippen LogP contribution in [0.25, 0.3) is 11.4 Å². The number of benzene rings is 1. The fourth-order valence-corrected chi connectivity index (χ4v) is 3.39. The Balaban J connectivity index is 1.79. The van der Waals surface area contributed by atoms with Gasteiger partial charge in [-0.25, -0.2) is 4.98 Å². The van der Waals surface area contributed by atoms with Crippen molar-refractivity contribution in [3.05, 3.63) is 45.4 Å². The molecule has 3 rings (SSSR count). The highest BCUT2D eigenvalue weighted by Crippen LogP contribution is 2.24. The smallest absolute Gasteiger partial charge is 0.323 e. The number of ketones is 1. The van der Waals surface area contributed by atoms with Crippen LogP contribution < -0.4 is 0 Å². The quantitative estimate of drug-likeness (QED) is 0.440. The number of nitrogens with zero attached hydrogens (tertiary/aromatic N) is 5. The third kappa shape index (κ3) is 4.55. The van der Waals surface area contributed by atoms with Crippen molar-refractivity contribution in [2.45, 2.75) is 26.3 Å². The van der Waals surface area contributed by atoms with Gasteiger partial charge >= 0.3 is 5.97 Å². The minimum Gasteiger partial charge on any atom is -0.465 e. The summed E-state index contributed by atoms with van der Waals surface area (Å²) in [5.74, 6) is -1.79. The van der Waals surface area contributed by atoms with Crippen LogP contribution in [0.1, 0.15) is 23.5 Å². The highest BCUT2D eigenvalue weighted by atomic mass is 35.5. The number of carbonyl (C=O) groups is 2. The number of ether oxygens (including phenoxy) is 1. The third-order valence-corrected chi connectivity index (χ3v) is 4.86. The van der Waals surface area contributed by atoms with E-state index in [-0.39, 0.29) is 13.2 Å². The molecule has 140 valence electrons. The first-order chi connectivity index (χ1) is 13.0. The lowest BCUT2D eigenvalue weighted by Gasteiger charge is -2.11. The summed E-state index contributed by atoms with van der Waals surface area (Å²) in [6, 6.07) is 6.94. The van der Waals surface area contributed by atoms with Crippen molar-refractivity contribution in [1.29, 1.82) is 0 Å². The minimum atomic E-state index is -1.10. The van der Waals surface area contributed by atoms with Crippen molar-refractivity contribution >= 4 is 34.7 Å². The Hall–Kier alpha value is -2.65. The normalized spacial score (nSPS) is 12.0. The maximum atomic E-state index is 12.7. The summed E-state index contributed by atoms with van der Waals surface area (Å²) < 4.78 is 5.04. The van der Waals surface area contributed by atoms with Crippen molar-refractivity contribution in [3.63, 3.8) is 0 Å². The summed E-state index contributed by atoms with van der Waals surface area (Å²) in [7, 11) is 0. The average Bonchev–Trinajstić information content (AvgIpc) is 3.25. The van der Waals surface area contributed by atoms with Crippen molar-refractivity contribution < 1.29 is 14.3 Å². The van der Waals surface area contributed by atoms with E-state index >= 15 is 0 Å². The molecule has 0 fully saturated rings. The van der Waals surface area contributed by atoms with E-state index in [9.17, 15) is 9.59 Å². The van der Waals surface area contributed by atoms with Crippen LogP contribution in [-0.4, -0.2) is 43.6 Å². The van der Waals surface area contributed by atoms with E-state index in [0.29, 0.717) is 15.9 Å². The number of rotatable bonds is 7. The van der Waals surface area contributed by atoms with Gasteiger partial charge in [-0.2, -0.15) is 4.80 Å². The molecule has 0 radical (unpaired) electrons. The van der Waals surface area contributed by atoms with Gasteiger partial charge in [0.15, 0.2) is 11.7 Å². The number of hydrogen-bond donors (Lipinski definition) is 0. The summed E-state index contributed by atoms with van der Waals surface area (Å²) in [5.41, 5.74) is 1.46. The topological polar surface area (TPSA) is 99.9 Å². The molecule has 1 atom stereocenters. The van der Waals surface area contributed by atoms with Gasteiger partial charge in [0.1, 0.15) is 11.6 Å². The molecule has 1 aromatic carbocycles. The number of tetrazole rings is 1. The van der Waals surface area contributed by atoms with Gasteiger partial charge < -0.3 is 4.74 Å². The SMILES string of the molecule is CCOC(=O)[C@H](C(=O)Cn1nnc(-c2ccc(Cl)cc2)n1)c1nc(C)cs1. The van der Waals surface area contributed by atoms with Crippen LogP contribution in [-0.2, 0) is 20.9 Å². The van der Waals surface area contributed by atoms with Crippen LogP contribution in [0, 0.1) is 6.92 Å². The summed E-state index contributed by atoms with van der Waals surface area (Å²) >= 11 is 7.11. The van der Waals surface area contributed by atoms with Crippen molar-refractivity contribution in [1.82, 2.24) is 25.2 Å². The first kappa shape index (κ1) is 19.1. The van der Waals surface area contributed by atoms with Crippen LogP contribution >= 0.6 is 22.9 Å². The molecule has 27 heavy (non-hydrogen) atoms. The van der Waals surface area contributed by atoms with Gasteiger partial charge in [-0.15, -0.1) is 21.5 Å². The maximum Gasteiger partial charge on any atom is 0.323 e. The lowest BCUT2D eigenvalue weighted by molar-refractivity contribution is -0.148. The van der Waals surface area contributed by atoms with E-state index in [1.54, 1.807) is 43.5 Å². The van der Waals surface area contributed by atoms with Crippen LogP contribution in [0.5, 0.6) is 0 Å². The second kappa shape index (κ2) is 8.36. The Kier molecular flexibility index (Phi) is 5.92. The van der Waals surface area contributed by atoms with Gasteiger partial charge in [0.25, 0.3) is 0 Å². The zero-order valence-electron chi connectivity index (χ0n) is 14.6. The molecule has 0 unspecified atom stereocenters. The fourth-order valence-electron chi connectivity index (χ4n) is 2.36. The summed E-state index contributed by atoms with van der Waals surface area (Å²) in [6.07, 6.45) is 0. The predicted molar refractivity (Wildman–Crippen MR) is 99.5 cm³/mol. The standard InChI is InChI=1S/C17H16ClN5O3S/c1-3-26-17(25)14(16-19-10(2)9-27-16)13(24)8-23-21-15(20-22-23)11-4-6-12(18)7-5-11/h4-7,9,14H,3,8H2,1-2H3/t14-/m1/s1. The number of carbonyl (C=O) groups excluding carboxylic acids is 2. The number of hydrogen-bond acceptors (Lipinski definition) is 8. The molecule has 8 nitrogen and oxygen atoms in total. The number of aryl methyl sites for hydroxylation is 1. The average molecular weight is 406 g/mol. The molecular formula is C17H16ClN5O3S. The van der Waals surface area contributed by atoms with Crippen LogP contribution in [0.2, 0.25) is 5.02 Å². The Bertz CT molecular complexity index is 954. The van der Waals surface area contributed by atoms with Gasteiger partial charge in [0.05, 0.1) is 6.61 Å². The van der Waals surface area contributed by atoms with Crippen molar-refractivity contribution in [2.75, 3.05) is 6.61 Å². The zero-order valence-corrected chi connectivity index (χ0v) is 16.2. The molecule has 3 aromatic rings. The number of thiazole rings is 1. The van der Waals surface area contributed by atoms with Crippen LogP contribution in [0.4, 0.5) is 0 Å². The molecule has 0 amide bonds. The number of Topliss-reactive ketones (excluding diaryl/α,β-unsaturated/α-hetero) is 1. The molecule has 0 aliphatic rings. The molecule has 10 heteroatoms. The van der Waals surface area contributed by atoms with Crippen LogP contribution in [0.15, 0.2) is 29.6 Å². The molecule has 0 spiro atoms. The van der Waals surface area contributed by atoms with E-state index in [1.165, 1.54) is 11.3 Å². The van der Waals surface area contributed by atoms with Crippen molar-refractivity contribution in [3.8, 4) is 11.4 Å². The Labute approximate surface area is 164 Å². The van der Waals surface area contributed by atoms with Gasteiger partial charge in [-0.05, 0) is 43.3 Å². The molecule has 0 bridgehead atoms. The molecule has 2 heterocycles. The van der Waals surface area contributed by atoms with Gasteiger partial charge in [0.2, 0.25) is 5.82 Å². The van der Waals surface area contributed by atoms with Crippen molar-refractivity contribution in [2.24, 2.45) is 0 Å². The molecular weight excluding hydrogens is 390 g/mol. The minimum absolute atomic E-state index is 0.176. The number of halogens is 1. The Morgan fingerprint density at radius 2 is 2.04 bits per heavy atom. The fraction of sp³-hybridized carbons (Fsp3) is 0.294. The van der Waals surface area contributed by atoms with Gasteiger partial charge in [0, 0.05) is 21.7 Å². The lowest BCUT2D eigenvalue weighted by atomic mass is 10.1. The highest BCUT2D eigenvalue weighted by molar-refractivity contribution is 7.10. The third-order valence-electron chi connectivity index (χ3n) is 3.58. The van der Waals surface area contributed by atoms with E-state index < -0.39 is 17.7 Å². The predicted octanol–water partition coefficient (Wildman–Crippen LogP) is 2.67. The van der Waals surface area contributed by atoms with Gasteiger partial charge in [-0.1, -0.05) is 11.6 Å². The largest absolute Gasteiger partial charge is 0.465 e. The molecule has 2 aromatic heterocycles. The number of esters is 1. The van der Waals surface area contributed by atoms with E-state index in [1.807, 2.05) is 0 Å². The Morgan fingerprint density at radius 1 is 1.30 bits per heavy atom. The number of aromatic nitrogens is 5. The molecule has 0 N–H and O–H groups in total. The lowest BCUT2D eigenvalue weighted by Crippen LogP contribution is -2.28. The maximum absolute atomic E-state index is 12.7. The first-order valence-corrected chi connectivity index (χ1v) is 9.38. The van der Waals surface area contributed by atoms with E-state index in [0.717, 1.165) is 16.1 Å².